The number of carbonyl (C=O) groups is 1. The van der Waals surface area contributed by atoms with E-state index >= 15 is 0 Å². The van der Waals surface area contributed by atoms with Gasteiger partial charge in [0.15, 0.2) is 5.54 Å². The van der Waals surface area contributed by atoms with Gasteiger partial charge in [0.2, 0.25) is 0 Å². The zero-order valence-corrected chi connectivity index (χ0v) is 13.6. The third-order valence-corrected chi connectivity index (χ3v) is 5.44. The molecule has 0 bridgehead atoms. The van der Waals surface area contributed by atoms with Crippen molar-refractivity contribution in [3.63, 3.8) is 0 Å². The minimum absolute atomic E-state index is 0.547. The molecular weight excluding hydrogens is 350 g/mol. The number of thioether (sulfide) groups is 1. The molecule has 1 unspecified atom stereocenters. The second-order valence-electron chi connectivity index (χ2n) is 4.91. The summed E-state index contributed by atoms with van der Waals surface area (Å²) in [7, 11) is 0. The maximum Gasteiger partial charge on any atom is 0.334 e. The third kappa shape index (κ3) is 2.56. The minimum atomic E-state index is -1.08. The van der Waals surface area contributed by atoms with Crippen LogP contribution in [0.5, 0.6) is 0 Å². The summed E-state index contributed by atoms with van der Waals surface area (Å²) >= 11 is 5.18. The number of nitrogens with one attached hydrogen (secondary N) is 1. The summed E-state index contributed by atoms with van der Waals surface area (Å²) in [4.78, 5) is 13.1. The Morgan fingerprint density at radius 1 is 1.19 bits per heavy atom. The van der Waals surface area contributed by atoms with Gasteiger partial charge >= 0.3 is 5.97 Å². The molecule has 21 heavy (non-hydrogen) atoms. The van der Waals surface area contributed by atoms with Crippen LogP contribution in [0.2, 0.25) is 0 Å². The molecule has 2 N–H and O–H groups in total. The molecule has 0 saturated heterocycles. The van der Waals surface area contributed by atoms with E-state index in [1.165, 1.54) is 0 Å². The molecule has 1 heterocycles. The van der Waals surface area contributed by atoms with Crippen molar-refractivity contribution < 1.29 is 9.90 Å². The highest BCUT2D eigenvalue weighted by Crippen LogP contribution is 2.43. The molecule has 0 aromatic heterocycles. The lowest BCUT2D eigenvalue weighted by Crippen LogP contribution is -2.46. The summed E-state index contributed by atoms with van der Waals surface area (Å²) in [5, 5.41) is 13.2. The highest BCUT2D eigenvalue weighted by Gasteiger charge is 2.44. The molecule has 0 aliphatic carbocycles. The fourth-order valence-corrected chi connectivity index (χ4v) is 4.18. The number of hydrogen-bond acceptors (Lipinski definition) is 3. The fraction of sp³-hybridized carbons (Fsp3) is 0.188. The lowest BCUT2D eigenvalue weighted by molar-refractivity contribution is -0.143. The van der Waals surface area contributed by atoms with E-state index in [1.807, 2.05) is 48.5 Å². The van der Waals surface area contributed by atoms with Gasteiger partial charge in [-0.25, -0.2) is 4.79 Å². The number of fused-ring (bicyclic) bond motifs is 1. The van der Waals surface area contributed by atoms with Gasteiger partial charge in [-0.2, -0.15) is 0 Å². The predicted molar refractivity (Wildman–Crippen MR) is 88.9 cm³/mol. The number of para-hydroxylation sites is 1. The van der Waals surface area contributed by atoms with Crippen molar-refractivity contribution in [1.82, 2.24) is 0 Å². The van der Waals surface area contributed by atoms with Crippen molar-refractivity contribution in [1.29, 1.82) is 0 Å². The van der Waals surface area contributed by atoms with Gasteiger partial charge in [-0.15, -0.1) is 11.8 Å². The maximum atomic E-state index is 12.1. The van der Waals surface area contributed by atoms with E-state index in [0.29, 0.717) is 6.42 Å². The second kappa shape index (κ2) is 5.73. The topological polar surface area (TPSA) is 49.3 Å². The van der Waals surface area contributed by atoms with Crippen LogP contribution in [0.3, 0.4) is 0 Å². The molecule has 2 aromatic rings. The van der Waals surface area contributed by atoms with Crippen molar-refractivity contribution in [2.45, 2.75) is 16.9 Å². The Bertz CT molecular complexity index is 691. The third-order valence-electron chi connectivity index (χ3n) is 3.67. The summed E-state index contributed by atoms with van der Waals surface area (Å²) < 4.78 is 0.862. The summed E-state index contributed by atoms with van der Waals surface area (Å²) in [5.74, 6) is -0.0631. The Kier molecular flexibility index (Phi) is 3.95. The van der Waals surface area contributed by atoms with Crippen molar-refractivity contribution in [2.75, 3.05) is 11.1 Å². The van der Waals surface area contributed by atoms with Crippen LogP contribution in [-0.2, 0) is 10.3 Å². The van der Waals surface area contributed by atoms with Crippen LogP contribution in [-0.4, -0.2) is 16.8 Å². The normalized spacial score (nSPS) is 20.6. The molecular formula is C16H14BrNO2S. The van der Waals surface area contributed by atoms with Crippen molar-refractivity contribution >= 4 is 39.3 Å². The maximum absolute atomic E-state index is 12.1. The van der Waals surface area contributed by atoms with Gasteiger partial charge < -0.3 is 10.4 Å². The molecule has 1 aliphatic heterocycles. The number of halogens is 1. The van der Waals surface area contributed by atoms with Crippen LogP contribution in [0, 0.1) is 0 Å². The second-order valence-corrected chi connectivity index (χ2v) is 6.90. The van der Waals surface area contributed by atoms with Crippen molar-refractivity contribution in [3.8, 4) is 0 Å². The van der Waals surface area contributed by atoms with Gasteiger partial charge in [-0.3, -0.25) is 0 Å². The number of hydrogen-bond donors (Lipinski definition) is 2. The average Bonchev–Trinajstić information content (AvgIpc) is 2.49. The van der Waals surface area contributed by atoms with E-state index in [1.54, 1.807) is 11.8 Å². The van der Waals surface area contributed by atoms with E-state index in [-0.39, 0.29) is 0 Å². The van der Waals surface area contributed by atoms with E-state index in [2.05, 4.69) is 21.2 Å². The summed E-state index contributed by atoms with van der Waals surface area (Å²) in [5.41, 5.74) is 0.553. The molecule has 0 fully saturated rings. The average molecular weight is 364 g/mol. The molecule has 1 atom stereocenters. The molecule has 3 nitrogen and oxygen atoms in total. The number of rotatable bonds is 3. The van der Waals surface area contributed by atoms with E-state index in [9.17, 15) is 9.90 Å². The Labute approximate surface area is 135 Å². The highest BCUT2D eigenvalue weighted by atomic mass is 79.9. The number of carboxylic acids is 1. The first kappa shape index (κ1) is 14.5. The van der Waals surface area contributed by atoms with Crippen molar-refractivity contribution in [3.05, 3.63) is 58.6 Å². The van der Waals surface area contributed by atoms with Crippen LogP contribution < -0.4 is 5.32 Å². The summed E-state index contributed by atoms with van der Waals surface area (Å²) in [6.45, 7) is 0. The Balaban J connectivity index is 2.11. The number of aliphatic carboxylic acids is 1. The molecule has 3 rings (SSSR count). The summed E-state index contributed by atoms with van der Waals surface area (Å²) in [6, 6.07) is 15.3. The van der Waals surface area contributed by atoms with Crippen LogP contribution in [0.4, 0.5) is 5.69 Å². The largest absolute Gasteiger partial charge is 0.479 e. The molecule has 2 aromatic carbocycles. The Morgan fingerprint density at radius 2 is 1.90 bits per heavy atom. The van der Waals surface area contributed by atoms with Crippen LogP contribution in [0.25, 0.3) is 0 Å². The van der Waals surface area contributed by atoms with Crippen molar-refractivity contribution in [2.24, 2.45) is 0 Å². The van der Waals surface area contributed by atoms with Crippen LogP contribution in [0.15, 0.2) is 57.9 Å². The quantitative estimate of drug-likeness (QED) is 0.851. The molecule has 108 valence electrons. The Morgan fingerprint density at radius 3 is 2.67 bits per heavy atom. The van der Waals surface area contributed by atoms with E-state index in [0.717, 1.165) is 26.4 Å². The molecule has 1 aliphatic rings. The van der Waals surface area contributed by atoms with Gasteiger partial charge in [-0.1, -0.05) is 30.3 Å². The first-order valence-electron chi connectivity index (χ1n) is 6.62. The number of carboxylic acid groups (broad SMARTS) is 1. The SMILES string of the molecule is O=C(O)C1(Nc2ccccc2Br)CCSc2ccccc21. The van der Waals surface area contributed by atoms with Gasteiger partial charge in [0.1, 0.15) is 0 Å². The zero-order chi connectivity index (χ0) is 14.9. The van der Waals surface area contributed by atoms with Gasteiger partial charge in [0.05, 0.1) is 0 Å². The monoisotopic (exact) mass is 363 g/mol. The number of benzene rings is 2. The first-order valence-corrected chi connectivity index (χ1v) is 8.40. The predicted octanol–water partition coefficient (Wildman–Crippen LogP) is 4.34. The minimum Gasteiger partial charge on any atom is -0.479 e. The fourth-order valence-electron chi connectivity index (χ4n) is 2.59. The molecule has 5 heteroatoms. The zero-order valence-electron chi connectivity index (χ0n) is 11.2. The molecule has 0 saturated carbocycles. The van der Waals surface area contributed by atoms with Crippen LogP contribution in [0.1, 0.15) is 12.0 Å². The van der Waals surface area contributed by atoms with Gasteiger partial charge in [0.25, 0.3) is 0 Å². The number of anilines is 1. The lowest BCUT2D eigenvalue weighted by atomic mass is 9.86. The van der Waals surface area contributed by atoms with E-state index in [4.69, 9.17) is 0 Å². The Hall–Kier alpha value is -1.46. The lowest BCUT2D eigenvalue weighted by Gasteiger charge is -2.36. The molecule has 0 amide bonds. The van der Waals surface area contributed by atoms with E-state index < -0.39 is 11.5 Å². The first-order chi connectivity index (χ1) is 10.1. The highest BCUT2D eigenvalue weighted by molar-refractivity contribution is 9.10. The van der Waals surface area contributed by atoms with Gasteiger partial charge in [0, 0.05) is 26.4 Å². The molecule has 0 spiro atoms. The standard InChI is InChI=1S/C16H14BrNO2S/c17-12-6-2-3-7-13(12)18-16(15(19)20)9-10-21-14-8-4-1-5-11(14)16/h1-8,18H,9-10H2,(H,19,20). The summed E-state index contributed by atoms with van der Waals surface area (Å²) in [6.07, 6.45) is 0.547. The van der Waals surface area contributed by atoms with Crippen LogP contribution >= 0.6 is 27.7 Å². The molecule has 0 radical (unpaired) electrons. The smallest absolute Gasteiger partial charge is 0.334 e. The van der Waals surface area contributed by atoms with Gasteiger partial charge in [-0.05, 0) is 40.5 Å².